The van der Waals surface area contributed by atoms with Gasteiger partial charge >= 0.3 is 5.97 Å². The van der Waals surface area contributed by atoms with Gasteiger partial charge in [0, 0.05) is 24.7 Å². The number of carboxylic acid groups (broad SMARTS) is 1. The fourth-order valence-electron chi connectivity index (χ4n) is 2.67. The van der Waals surface area contributed by atoms with Gasteiger partial charge in [0.15, 0.2) is 0 Å². The Bertz CT molecular complexity index is 529. The van der Waals surface area contributed by atoms with Crippen molar-refractivity contribution in [2.75, 3.05) is 18.0 Å². The molecular weight excluding hydrogens is 280 g/mol. The molecule has 2 heterocycles. The lowest BCUT2D eigenvalue weighted by molar-refractivity contribution is -0.141. The van der Waals surface area contributed by atoms with E-state index in [0.717, 1.165) is 12.8 Å². The van der Waals surface area contributed by atoms with Gasteiger partial charge in [-0.3, -0.25) is 4.79 Å². The molecule has 1 atom stereocenters. The van der Waals surface area contributed by atoms with Gasteiger partial charge < -0.3 is 10.0 Å². The van der Waals surface area contributed by atoms with Crippen LogP contribution in [0.25, 0.3) is 0 Å². The highest BCUT2D eigenvalue weighted by Crippen LogP contribution is 2.40. The Morgan fingerprint density at radius 3 is 2.71 bits per heavy atom. The van der Waals surface area contributed by atoms with Gasteiger partial charge in [0.2, 0.25) is 5.95 Å². The van der Waals surface area contributed by atoms with Crippen molar-refractivity contribution in [2.45, 2.75) is 38.0 Å². The van der Waals surface area contributed by atoms with Crippen molar-refractivity contribution in [3.8, 4) is 0 Å². The topological polar surface area (TPSA) is 66.3 Å². The van der Waals surface area contributed by atoms with Crippen LogP contribution in [0, 0.1) is 5.92 Å². The van der Waals surface area contributed by atoms with Gasteiger partial charge in [0.05, 0.1) is 5.92 Å². The summed E-state index contributed by atoms with van der Waals surface area (Å²) in [6, 6.07) is 1.38. The molecule has 0 radical (unpaired) electrons. The van der Waals surface area contributed by atoms with E-state index in [9.17, 15) is 13.6 Å². The van der Waals surface area contributed by atoms with Gasteiger partial charge in [-0.1, -0.05) is 0 Å². The fraction of sp³-hybridized carbons (Fsp3) is 0.643. The second-order valence-electron chi connectivity index (χ2n) is 5.72. The summed E-state index contributed by atoms with van der Waals surface area (Å²) in [5, 5.41) is 9.11. The third-order valence-electron chi connectivity index (χ3n) is 4.03. The number of carbonyl (C=O) groups is 1. The van der Waals surface area contributed by atoms with Crippen molar-refractivity contribution in [2.24, 2.45) is 5.92 Å². The first-order valence-electron chi connectivity index (χ1n) is 7.19. The molecule has 114 valence electrons. The number of piperidine rings is 1. The summed E-state index contributed by atoms with van der Waals surface area (Å²) >= 11 is 0. The molecular formula is C14H17F2N3O2. The zero-order valence-electron chi connectivity index (χ0n) is 11.5. The van der Waals surface area contributed by atoms with E-state index in [4.69, 9.17) is 5.11 Å². The molecule has 21 heavy (non-hydrogen) atoms. The van der Waals surface area contributed by atoms with Crippen LogP contribution in [-0.2, 0) is 4.79 Å². The Hall–Kier alpha value is -1.79. The van der Waals surface area contributed by atoms with Crippen molar-refractivity contribution in [3.63, 3.8) is 0 Å². The summed E-state index contributed by atoms with van der Waals surface area (Å²) in [5.74, 6) is -0.834. The van der Waals surface area contributed by atoms with Crippen LogP contribution in [0.15, 0.2) is 6.07 Å². The molecule has 1 saturated heterocycles. The number of carboxylic acids is 1. The average molecular weight is 297 g/mol. The molecule has 7 heteroatoms. The SMILES string of the molecule is O=C(O)C1CCCN(c2nc(C(F)F)cc(C3CC3)n2)C1. The summed E-state index contributed by atoms with van der Waals surface area (Å²) in [4.78, 5) is 21.1. The largest absolute Gasteiger partial charge is 0.481 e. The second-order valence-corrected chi connectivity index (χ2v) is 5.72. The Kier molecular flexibility index (Phi) is 3.73. The van der Waals surface area contributed by atoms with Crippen LogP contribution in [0.2, 0.25) is 0 Å². The minimum Gasteiger partial charge on any atom is -0.481 e. The summed E-state index contributed by atoms with van der Waals surface area (Å²) in [5.41, 5.74) is 0.395. The average Bonchev–Trinajstić information content (AvgIpc) is 3.31. The third kappa shape index (κ3) is 3.11. The maximum absolute atomic E-state index is 13.0. The number of nitrogens with zero attached hydrogens (tertiary/aromatic N) is 3. The van der Waals surface area contributed by atoms with Crippen molar-refractivity contribution < 1.29 is 18.7 Å². The van der Waals surface area contributed by atoms with Crippen LogP contribution in [0.4, 0.5) is 14.7 Å². The zero-order valence-corrected chi connectivity index (χ0v) is 11.5. The molecule has 0 bridgehead atoms. The predicted molar refractivity (Wildman–Crippen MR) is 71.5 cm³/mol. The molecule has 2 fully saturated rings. The predicted octanol–water partition coefficient (Wildman–Crippen LogP) is 2.59. The highest BCUT2D eigenvalue weighted by molar-refractivity contribution is 5.71. The van der Waals surface area contributed by atoms with Gasteiger partial charge in [-0.25, -0.2) is 18.7 Å². The van der Waals surface area contributed by atoms with Crippen LogP contribution < -0.4 is 4.90 Å². The van der Waals surface area contributed by atoms with Crippen LogP contribution in [0.5, 0.6) is 0 Å². The van der Waals surface area contributed by atoms with E-state index in [2.05, 4.69) is 9.97 Å². The zero-order chi connectivity index (χ0) is 15.0. The Labute approximate surface area is 121 Å². The lowest BCUT2D eigenvalue weighted by Gasteiger charge is -2.31. The summed E-state index contributed by atoms with van der Waals surface area (Å²) in [6.45, 7) is 0.896. The van der Waals surface area contributed by atoms with E-state index < -0.39 is 18.3 Å². The van der Waals surface area contributed by atoms with E-state index in [1.807, 2.05) is 0 Å². The lowest BCUT2D eigenvalue weighted by atomic mass is 9.99. The van der Waals surface area contributed by atoms with Crippen molar-refractivity contribution >= 4 is 11.9 Å². The van der Waals surface area contributed by atoms with Crippen molar-refractivity contribution in [1.29, 1.82) is 0 Å². The number of halogens is 2. The second kappa shape index (κ2) is 5.54. The van der Waals surface area contributed by atoms with Gasteiger partial charge in [-0.2, -0.15) is 0 Å². The molecule has 1 saturated carbocycles. The number of anilines is 1. The Morgan fingerprint density at radius 1 is 1.33 bits per heavy atom. The lowest BCUT2D eigenvalue weighted by Crippen LogP contribution is -2.39. The number of aromatic nitrogens is 2. The van der Waals surface area contributed by atoms with Gasteiger partial charge in [-0.05, 0) is 31.7 Å². The van der Waals surface area contributed by atoms with Crippen LogP contribution in [-0.4, -0.2) is 34.1 Å². The number of aliphatic carboxylic acids is 1. The molecule has 1 aliphatic heterocycles. The number of hydrogen-bond donors (Lipinski definition) is 1. The standard InChI is InChI=1S/C14H17F2N3O2/c15-12(16)11-6-10(8-3-4-8)17-14(18-11)19-5-1-2-9(7-19)13(20)21/h6,8-9,12H,1-5,7H2,(H,20,21). The van der Waals surface area contributed by atoms with Crippen LogP contribution in [0.3, 0.4) is 0 Å². The molecule has 0 spiro atoms. The Balaban J connectivity index is 1.87. The van der Waals surface area contributed by atoms with E-state index in [1.165, 1.54) is 6.07 Å². The van der Waals surface area contributed by atoms with Gasteiger partial charge in [0.1, 0.15) is 5.69 Å². The number of rotatable bonds is 4. The highest BCUT2D eigenvalue weighted by atomic mass is 19.3. The molecule has 1 aromatic rings. The minimum atomic E-state index is -2.63. The summed E-state index contributed by atoms with van der Waals surface area (Å²) < 4.78 is 26.0. The highest BCUT2D eigenvalue weighted by Gasteiger charge is 2.30. The molecule has 1 aromatic heterocycles. The summed E-state index contributed by atoms with van der Waals surface area (Å²) in [6.07, 6.45) is 0.617. The van der Waals surface area contributed by atoms with Crippen molar-refractivity contribution in [3.05, 3.63) is 17.5 Å². The molecule has 0 aromatic carbocycles. The molecule has 1 N–H and O–H groups in total. The Morgan fingerprint density at radius 2 is 2.10 bits per heavy atom. The monoisotopic (exact) mass is 297 g/mol. The molecule has 3 rings (SSSR count). The first-order valence-corrected chi connectivity index (χ1v) is 7.19. The van der Waals surface area contributed by atoms with Gasteiger partial charge in [0.25, 0.3) is 6.43 Å². The first-order chi connectivity index (χ1) is 10.0. The van der Waals surface area contributed by atoms with Crippen LogP contribution >= 0.6 is 0 Å². The first kappa shape index (κ1) is 14.2. The van der Waals surface area contributed by atoms with Gasteiger partial charge in [-0.15, -0.1) is 0 Å². The number of hydrogen-bond acceptors (Lipinski definition) is 4. The number of alkyl halides is 2. The van der Waals surface area contributed by atoms with E-state index in [1.54, 1.807) is 4.90 Å². The van der Waals surface area contributed by atoms with E-state index in [-0.39, 0.29) is 24.1 Å². The fourth-order valence-corrected chi connectivity index (χ4v) is 2.67. The summed E-state index contributed by atoms with van der Waals surface area (Å²) in [7, 11) is 0. The quantitative estimate of drug-likeness (QED) is 0.925. The van der Waals surface area contributed by atoms with E-state index in [0.29, 0.717) is 25.1 Å². The van der Waals surface area contributed by atoms with E-state index >= 15 is 0 Å². The molecule has 1 unspecified atom stereocenters. The smallest absolute Gasteiger partial charge is 0.308 e. The van der Waals surface area contributed by atoms with Crippen LogP contribution in [0.1, 0.15) is 49.4 Å². The maximum Gasteiger partial charge on any atom is 0.308 e. The normalized spacial score (nSPS) is 22.6. The molecule has 5 nitrogen and oxygen atoms in total. The van der Waals surface area contributed by atoms with Crippen molar-refractivity contribution in [1.82, 2.24) is 9.97 Å². The molecule has 0 amide bonds. The molecule has 2 aliphatic rings. The maximum atomic E-state index is 13.0. The minimum absolute atomic E-state index is 0.251. The molecule has 1 aliphatic carbocycles. The third-order valence-corrected chi connectivity index (χ3v) is 4.03.